The highest BCUT2D eigenvalue weighted by molar-refractivity contribution is 5.94. The van der Waals surface area contributed by atoms with E-state index in [4.69, 9.17) is 0 Å². The summed E-state index contributed by atoms with van der Waals surface area (Å²) in [5.74, 6) is -0.367. The van der Waals surface area contributed by atoms with Crippen molar-refractivity contribution >= 4 is 5.91 Å². The van der Waals surface area contributed by atoms with E-state index in [-0.39, 0.29) is 11.5 Å². The van der Waals surface area contributed by atoms with Crippen molar-refractivity contribution in [1.82, 2.24) is 15.3 Å². The highest BCUT2D eigenvalue weighted by Crippen LogP contribution is 2.13. The van der Waals surface area contributed by atoms with Gasteiger partial charge in [0.1, 0.15) is 5.56 Å². The first-order chi connectivity index (χ1) is 11.7. The SMILES string of the molecule is O=C(NCCc1ccccc1)c1ccc(-c2ccncc2)[nH]c1=O. The number of hydrogen-bond acceptors (Lipinski definition) is 3. The molecule has 0 atom stereocenters. The lowest BCUT2D eigenvalue weighted by Crippen LogP contribution is -2.31. The number of hydrogen-bond donors (Lipinski definition) is 2. The maximum absolute atomic E-state index is 12.2. The Morgan fingerprint density at radius 1 is 1.00 bits per heavy atom. The van der Waals surface area contributed by atoms with E-state index in [1.165, 1.54) is 0 Å². The summed E-state index contributed by atoms with van der Waals surface area (Å²) >= 11 is 0. The number of pyridine rings is 2. The lowest BCUT2D eigenvalue weighted by Gasteiger charge is -2.06. The van der Waals surface area contributed by atoms with Crippen molar-refractivity contribution in [2.45, 2.75) is 6.42 Å². The van der Waals surface area contributed by atoms with E-state index in [2.05, 4.69) is 15.3 Å². The van der Waals surface area contributed by atoms with Crippen molar-refractivity contribution in [3.05, 3.63) is 88.5 Å². The molecule has 2 N–H and O–H groups in total. The summed E-state index contributed by atoms with van der Waals surface area (Å²) in [5, 5.41) is 2.78. The first-order valence-electron chi connectivity index (χ1n) is 7.70. The third-order valence-corrected chi connectivity index (χ3v) is 3.69. The van der Waals surface area contributed by atoms with Crippen molar-refractivity contribution in [3.8, 4) is 11.3 Å². The van der Waals surface area contributed by atoms with E-state index < -0.39 is 5.56 Å². The fourth-order valence-electron chi connectivity index (χ4n) is 2.41. The maximum Gasteiger partial charge on any atom is 0.261 e. The van der Waals surface area contributed by atoms with Crippen molar-refractivity contribution in [3.63, 3.8) is 0 Å². The lowest BCUT2D eigenvalue weighted by atomic mass is 10.1. The molecule has 1 aromatic carbocycles. The standard InChI is InChI=1S/C19H17N3O2/c23-18(21-13-8-14-4-2-1-3-5-14)16-6-7-17(22-19(16)24)15-9-11-20-12-10-15/h1-7,9-12H,8,13H2,(H,21,23)(H,22,24). The number of rotatable bonds is 5. The lowest BCUT2D eigenvalue weighted by molar-refractivity contribution is 0.0952. The van der Waals surface area contributed by atoms with Gasteiger partial charge in [0.25, 0.3) is 11.5 Å². The largest absolute Gasteiger partial charge is 0.352 e. The molecular formula is C19H17N3O2. The molecule has 3 aromatic rings. The van der Waals surface area contributed by atoms with Crippen molar-refractivity contribution in [2.75, 3.05) is 6.54 Å². The van der Waals surface area contributed by atoms with Gasteiger partial charge in [-0.15, -0.1) is 0 Å². The van der Waals surface area contributed by atoms with Crippen LogP contribution in [0.4, 0.5) is 0 Å². The molecule has 1 amide bonds. The van der Waals surface area contributed by atoms with E-state index in [9.17, 15) is 9.59 Å². The van der Waals surface area contributed by atoms with Gasteiger partial charge >= 0.3 is 0 Å². The number of H-pyrrole nitrogens is 1. The molecule has 0 bridgehead atoms. The molecule has 0 aliphatic carbocycles. The monoisotopic (exact) mass is 319 g/mol. The molecule has 2 aromatic heterocycles. The summed E-state index contributed by atoms with van der Waals surface area (Å²) in [6.07, 6.45) is 4.02. The predicted molar refractivity (Wildman–Crippen MR) is 92.8 cm³/mol. The van der Waals surface area contributed by atoms with Crippen LogP contribution in [0.1, 0.15) is 15.9 Å². The average Bonchev–Trinajstić information content (AvgIpc) is 2.63. The topological polar surface area (TPSA) is 74.8 Å². The Hall–Kier alpha value is -3.21. The summed E-state index contributed by atoms with van der Waals surface area (Å²) in [7, 11) is 0. The summed E-state index contributed by atoms with van der Waals surface area (Å²) in [5.41, 5.74) is 2.35. The highest BCUT2D eigenvalue weighted by atomic mass is 16.2. The van der Waals surface area contributed by atoms with Gasteiger partial charge in [-0.3, -0.25) is 14.6 Å². The Balaban J connectivity index is 1.66. The first kappa shape index (κ1) is 15.7. The second-order valence-corrected chi connectivity index (χ2v) is 5.34. The summed E-state index contributed by atoms with van der Waals surface area (Å²) < 4.78 is 0. The van der Waals surface area contributed by atoms with Crippen molar-refractivity contribution < 1.29 is 4.79 Å². The number of carbonyl (C=O) groups is 1. The molecule has 120 valence electrons. The molecule has 0 saturated carbocycles. The number of aromatic nitrogens is 2. The molecule has 0 spiro atoms. The van der Waals surface area contributed by atoms with Crippen LogP contribution in [0.5, 0.6) is 0 Å². The van der Waals surface area contributed by atoms with Crippen LogP contribution < -0.4 is 10.9 Å². The zero-order chi connectivity index (χ0) is 16.8. The molecule has 2 heterocycles. The van der Waals surface area contributed by atoms with Gasteiger partial charge in [-0.2, -0.15) is 0 Å². The second-order valence-electron chi connectivity index (χ2n) is 5.34. The Kier molecular flexibility index (Phi) is 4.81. The van der Waals surface area contributed by atoms with Crippen LogP contribution in [0.3, 0.4) is 0 Å². The molecule has 0 aliphatic heterocycles. The van der Waals surface area contributed by atoms with E-state index in [0.29, 0.717) is 12.2 Å². The van der Waals surface area contributed by atoms with Gasteiger partial charge in [-0.1, -0.05) is 30.3 Å². The van der Waals surface area contributed by atoms with Crippen molar-refractivity contribution in [1.29, 1.82) is 0 Å². The van der Waals surface area contributed by atoms with Crippen LogP contribution in [0.25, 0.3) is 11.3 Å². The molecule has 0 radical (unpaired) electrons. The number of amides is 1. The first-order valence-corrected chi connectivity index (χ1v) is 7.70. The predicted octanol–water partition coefficient (Wildman–Crippen LogP) is 2.41. The molecular weight excluding hydrogens is 302 g/mol. The van der Waals surface area contributed by atoms with E-state index in [1.54, 1.807) is 36.7 Å². The Bertz CT molecular complexity index is 874. The van der Waals surface area contributed by atoms with E-state index >= 15 is 0 Å². The third kappa shape index (κ3) is 3.76. The molecule has 0 aliphatic rings. The smallest absolute Gasteiger partial charge is 0.261 e. The van der Waals surface area contributed by atoms with Crippen molar-refractivity contribution in [2.24, 2.45) is 0 Å². The molecule has 0 fully saturated rings. The minimum Gasteiger partial charge on any atom is -0.352 e. The quantitative estimate of drug-likeness (QED) is 0.758. The Labute approximate surface area is 139 Å². The second kappa shape index (κ2) is 7.37. The van der Waals surface area contributed by atoms with Gasteiger partial charge in [0.15, 0.2) is 0 Å². The number of nitrogens with one attached hydrogen (secondary N) is 2. The number of aromatic amines is 1. The zero-order valence-electron chi connectivity index (χ0n) is 13.0. The summed E-state index contributed by atoms with van der Waals surface area (Å²) in [6, 6.07) is 16.7. The fourth-order valence-corrected chi connectivity index (χ4v) is 2.41. The van der Waals surface area contributed by atoms with Gasteiger partial charge in [0.05, 0.1) is 0 Å². The van der Waals surface area contributed by atoms with Gasteiger partial charge in [0, 0.05) is 30.2 Å². The van der Waals surface area contributed by atoms with Crippen LogP contribution >= 0.6 is 0 Å². The summed E-state index contributed by atoms with van der Waals surface area (Å²) in [6.45, 7) is 0.481. The molecule has 3 rings (SSSR count). The Morgan fingerprint density at radius 2 is 1.75 bits per heavy atom. The number of benzene rings is 1. The van der Waals surface area contributed by atoms with Crippen LogP contribution in [-0.4, -0.2) is 22.4 Å². The molecule has 5 nitrogen and oxygen atoms in total. The van der Waals surface area contributed by atoms with Crippen LogP contribution in [0, 0.1) is 0 Å². The highest BCUT2D eigenvalue weighted by Gasteiger charge is 2.11. The average molecular weight is 319 g/mol. The molecule has 24 heavy (non-hydrogen) atoms. The number of carbonyl (C=O) groups excluding carboxylic acids is 1. The van der Waals surface area contributed by atoms with Crippen LogP contribution in [-0.2, 0) is 6.42 Å². The third-order valence-electron chi connectivity index (χ3n) is 3.69. The summed E-state index contributed by atoms with van der Waals surface area (Å²) in [4.78, 5) is 31.0. The van der Waals surface area contributed by atoms with Gasteiger partial charge in [0.2, 0.25) is 0 Å². The fraction of sp³-hybridized carbons (Fsp3) is 0.105. The Morgan fingerprint density at radius 3 is 2.46 bits per heavy atom. The molecule has 0 unspecified atom stereocenters. The minimum atomic E-state index is -0.401. The minimum absolute atomic E-state index is 0.112. The van der Waals surface area contributed by atoms with E-state index in [0.717, 1.165) is 17.5 Å². The van der Waals surface area contributed by atoms with Crippen LogP contribution in [0.2, 0.25) is 0 Å². The maximum atomic E-state index is 12.2. The van der Waals surface area contributed by atoms with Gasteiger partial charge < -0.3 is 10.3 Å². The zero-order valence-corrected chi connectivity index (χ0v) is 13.0. The van der Waals surface area contributed by atoms with Gasteiger partial charge in [-0.05, 0) is 36.2 Å². The molecule has 5 heteroatoms. The van der Waals surface area contributed by atoms with Crippen LogP contribution in [0.15, 0.2) is 71.8 Å². The molecule has 0 saturated heterocycles. The van der Waals surface area contributed by atoms with Gasteiger partial charge in [-0.25, -0.2) is 0 Å². The normalized spacial score (nSPS) is 10.3. The van der Waals surface area contributed by atoms with E-state index in [1.807, 2.05) is 30.3 Å². The number of nitrogens with zero attached hydrogens (tertiary/aromatic N) is 1.